The van der Waals surface area contributed by atoms with Crippen LogP contribution in [0.4, 0.5) is 0 Å². The molecule has 0 aliphatic rings. The van der Waals surface area contributed by atoms with Crippen molar-refractivity contribution in [1.29, 1.82) is 5.26 Å². The van der Waals surface area contributed by atoms with Crippen molar-refractivity contribution in [3.05, 3.63) is 39.9 Å². The molecule has 0 saturated heterocycles. The van der Waals surface area contributed by atoms with E-state index in [0.717, 1.165) is 16.5 Å². The average Bonchev–Trinajstić information content (AvgIpc) is 2.35. The summed E-state index contributed by atoms with van der Waals surface area (Å²) in [5.41, 5.74) is 0.805. The molecule has 0 N–H and O–H groups in total. The summed E-state index contributed by atoms with van der Waals surface area (Å²) in [6, 6.07) is 9.17. The number of esters is 1. The summed E-state index contributed by atoms with van der Waals surface area (Å²) in [5.74, 6) is -0.572. The maximum Gasteiger partial charge on any atom is 0.348 e. The second kappa shape index (κ2) is 6.87. The van der Waals surface area contributed by atoms with Gasteiger partial charge in [-0.05, 0) is 30.2 Å². The first-order valence-electron chi connectivity index (χ1n) is 5.22. The second-order valence-electron chi connectivity index (χ2n) is 3.36. The third kappa shape index (κ3) is 4.41. The lowest BCUT2D eigenvalue weighted by Crippen LogP contribution is -2.07. The molecular weight excluding hydrogens is 282 g/mol. The van der Waals surface area contributed by atoms with Crippen molar-refractivity contribution in [3.63, 3.8) is 0 Å². The zero-order valence-electron chi connectivity index (χ0n) is 9.44. The number of rotatable bonds is 4. The van der Waals surface area contributed by atoms with Crippen LogP contribution in [0, 0.1) is 11.3 Å². The number of ether oxygens (including phenoxy) is 1. The standard InChI is InChI=1S/C13H12BrNO2/c1-2-7-17-13(16)11(9-15)8-10-3-5-12(14)6-4-10/h3-6,8H,2,7H2,1H3/b11-8+. The Hall–Kier alpha value is -1.60. The Balaban J connectivity index is 2.83. The van der Waals surface area contributed by atoms with E-state index < -0.39 is 5.97 Å². The highest BCUT2D eigenvalue weighted by Gasteiger charge is 2.09. The maximum atomic E-state index is 11.5. The highest BCUT2D eigenvalue weighted by atomic mass is 79.9. The van der Waals surface area contributed by atoms with Crippen LogP contribution in [0.25, 0.3) is 6.08 Å². The fourth-order valence-corrected chi connectivity index (χ4v) is 1.40. The largest absolute Gasteiger partial charge is 0.462 e. The first kappa shape index (κ1) is 13.5. The number of carbonyl (C=O) groups excluding carboxylic acids is 1. The Morgan fingerprint density at radius 3 is 2.65 bits per heavy atom. The summed E-state index contributed by atoms with van der Waals surface area (Å²) in [7, 11) is 0. The van der Waals surface area contributed by atoms with E-state index >= 15 is 0 Å². The predicted octanol–water partition coefficient (Wildman–Crippen LogP) is 3.31. The van der Waals surface area contributed by atoms with Crippen molar-refractivity contribution in [2.45, 2.75) is 13.3 Å². The molecule has 0 amide bonds. The summed E-state index contributed by atoms with van der Waals surface area (Å²) in [4.78, 5) is 11.5. The number of nitriles is 1. The molecule has 1 aromatic carbocycles. The lowest BCUT2D eigenvalue weighted by molar-refractivity contribution is -0.138. The molecule has 0 heterocycles. The average molecular weight is 294 g/mol. The van der Waals surface area contributed by atoms with Crippen LogP contribution in [0.15, 0.2) is 34.3 Å². The molecule has 0 aliphatic carbocycles. The third-order valence-corrected chi connectivity index (χ3v) is 2.49. The minimum atomic E-state index is -0.572. The van der Waals surface area contributed by atoms with Crippen LogP contribution in [0.5, 0.6) is 0 Å². The fraction of sp³-hybridized carbons (Fsp3) is 0.231. The third-order valence-electron chi connectivity index (χ3n) is 1.96. The molecule has 0 bridgehead atoms. The van der Waals surface area contributed by atoms with E-state index in [1.54, 1.807) is 0 Å². The van der Waals surface area contributed by atoms with Crippen LogP contribution in [0.2, 0.25) is 0 Å². The van der Waals surface area contributed by atoms with Crippen LogP contribution in [0.3, 0.4) is 0 Å². The van der Waals surface area contributed by atoms with E-state index in [0.29, 0.717) is 6.61 Å². The molecule has 4 heteroatoms. The molecule has 17 heavy (non-hydrogen) atoms. The topological polar surface area (TPSA) is 50.1 Å². The highest BCUT2D eigenvalue weighted by Crippen LogP contribution is 2.13. The van der Waals surface area contributed by atoms with Gasteiger partial charge in [0.2, 0.25) is 0 Å². The second-order valence-corrected chi connectivity index (χ2v) is 4.27. The molecule has 1 rings (SSSR count). The first-order chi connectivity index (χ1) is 8.17. The number of benzene rings is 1. The number of nitrogens with zero attached hydrogens (tertiary/aromatic N) is 1. The van der Waals surface area contributed by atoms with Crippen LogP contribution < -0.4 is 0 Å². The van der Waals surface area contributed by atoms with Crippen molar-refractivity contribution in [1.82, 2.24) is 0 Å². The van der Waals surface area contributed by atoms with E-state index in [4.69, 9.17) is 10.00 Å². The Labute approximate surface area is 109 Å². The monoisotopic (exact) mass is 293 g/mol. The molecule has 0 radical (unpaired) electrons. The fourth-order valence-electron chi connectivity index (χ4n) is 1.14. The number of hydrogen-bond donors (Lipinski definition) is 0. The van der Waals surface area contributed by atoms with Gasteiger partial charge in [-0.1, -0.05) is 35.0 Å². The van der Waals surface area contributed by atoms with Gasteiger partial charge in [-0.2, -0.15) is 5.26 Å². The Bertz CT molecular complexity index is 457. The first-order valence-corrected chi connectivity index (χ1v) is 6.01. The van der Waals surface area contributed by atoms with Crippen LogP contribution in [0.1, 0.15) is 18.9 Å². The van der Waals surface area contributed by atoms with Crippen molar-refractivity contribution in [3.8, 4) is 6.07 Å². The normalized spacial score (nSPS) is 10.8. The Morgan fingerprint density at radius 1 is 1.47 bits per heavy atom. The van der Waals surface area contributed by atoms with Crippen LogP contribution in [-0.2, 0) is 9.53 Å². The molecular formula is C13H12BrNO2. The smallest absolute Gasteiger partial charge is 0.348 e. The van der Waals surface area contributed by atoms with Gasteiger partial charge in [-0.3, -0.25) is 0 Å². The number of carbonyl (C=O) groups is 1. The summed E-state index contributed by atoms with van der Waals surface area (Å²) >= 11 is 3.31. The van der Waals surface area contributed by atoms with Gasteiger partial charge in [0.1, 0.15) is 11.6 Å². The lowest BCUT2D eigenvalue weighted by atomic mass is 10.1. The molecule has 1 aromatic rings. The maximum absolute atomic E-state index is 11.5. The number of halogens is 1. The molecule has 0 fully saturated rings. The van der Waals surface area contributed by atoms with Gasteiger partial charge in [-0.15, -0.1) is 0 Å². The summed E-state index contributed by atoms with van der Waals surface area (Å²) in [6.45, 7) is 2.23. The van der Waals surface area contributed by atoms with Crippen molar-refractivity contribution >= 4 is 28.0 Å². The van der Waals surface area contributed by atoms with Crippen LogP contribution in [-0.4, -0.2) is 12.6 Å². The minimum Gasteiger partial charge on any atom is -0.462 e. The quantitative estimate of drug-likeness (QED) is 0.486. The molecule has 3 nitrogen and oxygen atoms in total. The van der Waals surface area contributed by atoms with E-state index in [9.17, 15) is 4.79 Å². The minimum absolute atomic E-state index is 0.0146. The van der Waals surface area contributed by atoms with Gasteiger partial charge < -0.3 is 4.74 Å². The van der Waals surface area contributed by atoms with Crippen molar-refractivity contribution < 1.29 is 9.53 Å². The Morgan fingerprint density at radius 2 is 2.12 bits per heavy atom. The summed E-state index contributed by atoms with van der Waals surface area (Å²) < 4.78 is 5.85. The van der Waals surface area contributed by atoms with Gasteiger partial charge in [0, 0.05) is 4.47 Å². The molecule has 0 aromatic heterocycles. The SMILES string of the molecule is CCCOC(=O)/C(C#N)=C/c1ccc(Br)cc1. The van der Waals surface area contributed by atoms with Gasteiger partial charge in [-0.25, -0.2) is 4.79 Å². The highest BCUT2D eigenvalue weighted by molar-refractivity contribution is 9.10. The summed E-state index contributed by atoms with van der Waals surface area (Å²) in [5, 5.41) is 8.88. The molecule has 0 aliphatic heterocycles. The van der Waals surface area contributed by atoms with Crippen molar-refractivity contribution in [2.24, 2.45) is 0 Å². The van der Waals surface area contributed by atoms with Gasteiger partial charge in [0.05, 0.1) is 6.61 Å². The molecule has 0 unspecified atom stereocenters. The van der Waals surface area contributed by atoms with E-state index in [2.05, 4.69) is 15.9 Å². The van der Waals surface area contributed by atoms with E-state index in [1.807, 2.05) is 37.3 Å². The van der Waals surface area contributed by atoms with E-state index in [-0.39, 0.29) is 5.57 Å². The van der Waals surface area contributed by atoms with Crippen LogP contribution >= 0.6 is 15.9 Å². The van der Waals surface area contributed by atoms with Crippen molar-refractivity contribution in [2.75, 3.05) is 6.61 Å². The lowest BCUT2D eigenvalue weighted by Gasteiger charge is -2.01. The molecule has 88 valence electrons. The molecule has 0 atom stereocenters. The van der Waals surface area contributed by atoms with E-state index in [1.165, 1.54) is 6.08 Å². The number of hydrogen-bond acceptors (Lipinski definition) is 3. The van der Waals surface area contributed by atoms with Gasteiger partial charge in [0.25, 0.3) is 0 Å². The Kier molecular flexibility index (Phi) is 5.44. The zero-order valence-corrected chi connectivity index (χ0v) is 11.0. The zero-order chi connectivity index (χ0) is 12.7. The summed E-state index contributed by atoms with van der Waals surface area (Å²) in [6.07, 6.45) is 2.26. The van der Waals surface area contributed by atoms with Gasteiger partial charge >= 0.3 is 5.97 Å². The predicted molar refractivity (Wildman–Crippen MR) is 69.0 cm³/mol. The molecule has 0 spiro atoms. The molecule has 0 saturated carbocycles. The van der Waals surface area contributed by atoms with Gasteiger partial charge in [0.15, 0.2) is 0 Å².